The topological polar surface area (TPSA) is 37.4 Å². The summed E-state index contributed by atoms with van der Waals surface area (Å²) in [6.07, 6.45) is 0. The molecule has 114 valence electrons. The lowest BCUT2D eigenvalue weighted by atomic mass is 10.0. The van der Waals surface area contributed by atoms with E-state index in [2.05, 4.69) is 0 Å². The minimum absolute atomic E-state index is 0.0853. The van der Waals surface area contributed by atoms with Crippen molar-refractivity contribution >= 4 is 23.3 Å². The molecular weight excluding hydrogens is 298 g/mol. The predicted octanol–water partition coefficient (Wildman–Crippen LogP) is 3.99. The van der Waals surface area contributed by atoms with Crippen LogP contribution in [0.2, 0.25) is 5.02 Å². The van der Waals surface area contributed by atoms with Crippen molar-refractivity contribution in [2.45, 2.75) is 19.9 Å². The van der Waals surface area contributed by atoms with E-state index in [-0.39, 0.29) is 11.7 Å². The SMILES string of the molecule is Cc1ccc(C(=O)C(C)N(C)C(=O)c2cccc(Cl)c2)cc1. The van der Waals surface area contributed by atoms with Crippen LogP contribution in [0.4, 0.5) is 0 Å². The van der Waals surface area contributed by atoms with Crippen molar-refractivity contribution in [3.05, 3.63) is 70.2 Å². The Bertz CT molecular complexity index is 694. The average Bonchev–Trinajstić information content (AvgIpc) is 2.52. The molecule has 4 heteroatoms. The van der Waals surface area contributed by atoms with Gasteiger partial charge in [0.15, 0.2) is 5.78 Å². The molecule has 1 atom stereocenters. The third-order valence-electron chi connectivity index (χ3n) is 3.69. The molecule has 0 aliphatic carbocycles. The maximum atomic E-state index is 12.5. The fraction of sp³-hybridized carbons (Fsp3) is 0.222. The van der Waals surface area contributed by atoms with Gasteiger partial charge in [-0.1, -0.05) is 47.5 Å². The number of hydrogen-bond acceptors (Lipinski definition) is 2. The number of nitrogens with zero attached hydrogens (tertiary/aromatic N) is 1. The number of amides is 1. The first-order valence-electron chi connectivity index (χ1n) is 7.04. The van der Waals surface area contributed by atoms with Gasteiger partial charge in [0.1, 0.15) is 0 Å². The fourth-order valence-corrected chi connectivity index (χ4v) is 2.33. The molecule has 0 spiro atoms. The van der Waals surface area contributed by atoms with Gasteiger partial charge in [0.25, 0.3) is 5.91 Å². The van der Waals surface area contributed by atoms with Gasteiger partial charge in [-0.2, -0.15) is 0 Å². The van der Waals surface area contributed by atoms with Crippen molar-refractivity contribution in [3.8, 4) is 0 Å². The third kappa shape index (κ3) is 3.55. The van der Waals surface area contributed by atoms with Crippen molar-refractivity contribution in [3.63, 3.8) is 0 Å². The number of halogens is 1. The van der Waals surface area contributed by atoms with E-state index in [0.29, 0.717) is 16.1 Å². The van der Waals surface area contributed by atoms with Crippen molar-refractivity contribution in [1.29, 1.82) is 0 Å². The molecule has 2 rings (SSSR count). The Morgan fingerprint density at radius 2 is 1.68 bits per heavy atom. The molecular formula is C18H18ClNO2. The molecule has 0 radical (unpaired) electrons. The van der Waals surface area contributed by atoms with Crippen LogP contribution in [0.25, 0.3) is 0 Å². The second-order valence-corrected chi connectivity index (χ2v) is 5.77. The first-order chi connectivity index (χ1) is 10.4. The summed E-state index contributed by atoms with van der Waals surface area (Å²) < 4.78 is 0. The molecule has 0 N–H and O–H groups in total. The van der Waals surface area contributed by atoms with Crippen molar-refractivity contribution in [2.24, 2.45) is 0 Å². The lowest BCUT2D eigenvalue weighted by molar-refractivity contribution is 0.0675. The molecule has 22 heavy (non-hydrogen) atoms. The van der Waals surface area contributed by atoms with Crippen molar-refractivity contribution < 1.29 is 9.59 Å². The Morgan fingerprint density at radius 3 is 2.27 bits per heavy atom. The number of carbonyl (C=O) groups excluding carboxylic acids is 2. The number of likely N-dealkylation sites (N-methyl/N-ethyl adjacent to an activating group) is 1. The number of benzene rings is 2. The maximum absolute atomic E-state index is 12.5. The number of Topliss-reactive ketones (excluding diaryl/α,β-unsaturated/α-hetero) is 1. The molecule has 0 saturated heterocycles. The zero-order valence-corrected chi connectivity index (χ0v) is 13.6. The van der Waals surface area contributed by atoms with E-state index in [4.69, 9.17) is 11.6 Å². The molecule has 0 aliphatic heterocycles. The van der Waals surface area contributed by atoms with Gasteiger partial charge in [0.2, 0.25) is 0 Å². The zero-order valence-electron chi connectivity index (χ0n) is 12.8. The lowest BCUT2D eigenvalue weighted by Gasteiger charge is -2.24. The second kappa shape index (κ2) is 6.75. The van der Waals surface area contributed by atoms with Crippen LogP contribution >= 0.6 is 11.6 Å². The Balaban J connectivity index is 2.17. The fourth-order valence-electron chi connectivity index (χ4n) is 2.14. The Kier molecular flexibility index (Phi) is 4.99. The highest BCUT2D eigenvalue weighted by Gasteiger charge is 2.24. The summed E-state index contributed by atoms with van der Waals surface area (Å²) >= 11 is 5.91. The van der Waals surface area contributed by atoms with Crippen LogP contribution in [0.3, 0.4) is 0 Å². The predicted molar refractivity (Wildman–Crippen MR) is 88.5 cm³/mol. The highest BCUT2D eigenvalue weighted by molar-refractivity contribution is 6.31. The van der Waals surface area contributed by atoms with E-state index >= 15 is 0 Å². The molecule has 0 aromatic heterocycles. The number of aryl methyl sites for hydroxylation is 1. The van der Waals surface area contributed by atoms with Gasteiger partial charge in [0.05, 0.1) is 6.04 Å². The summed E-state index contributed by atoms with van der Waals surface area (Å²) in [7, 11) is 1.62. The van der Waals surface area contributed by atoms with Gasteiger partial charge in [-0.05, 0) is 32.0 Å². The van der Waals surface area contributed by atoms with E-state index in [1.54, 1.807) is 50.4 Å². The number of hydrogen-bond donors (Lipinski definition) is 0. The van der Waals surface area contributed by atoms with Crippen LogP contribution in [0, 0.1) is 6.92 Å². The van der Waals surface area contributed by atoms with Crippen molar-refractivity contribution in [2.75, 3.05) is 7.05 Å². The van der Waals surface area contributed by atoms with Gasteiger partial charge in [-0.3, -0.25) is 9.59 Å². The van der Waals surface area contributed by atoms with Gasteiger partial charge in [-0.15, -0.1) is 0 Å². The molecule has 2 aromatic rings. The minimum Gasteiger partial charge on any atom is -0.332 e. The summed E-state index contributed by atoms with van der Waals surface area (Å²) in [6.45, 7) is 3.69. The van der Waals surface area contributed by atoms with Crippen LogP contribution < -0.4 is 0 Å². The van der Waals surface area contributed by atoms with Crippen LogP contribution in [-0.2, 0) is 0 Å². The largest absolute Gasteiger partial charge is 0.332 e. The summed E-state index contributed by atoms with van der Waals surface area (Å²) in [5, 5.41) is 0.497. The second-order valence-electron chi connectivity index (χ2n) is 5.33. The molecule has 0 aliphatic rings. The molecule has 3 nitrogen and oxygen atoms in total. The van der Waals surface area contributed by atoms with E-state index in [9.17, 15) is 9.59 Å². The number of rotatable bonds is 4. The van der Waals surface area contributed by atoms with Crippen LogP contribution in [0.1, 0.15) is 33.2 Å². The Morgan fingerprint density at radius 1 is 1.05 bits per heavy atom. The summed E-state index contributed by atoms with van der Waals surface area (Å²) in [5.41, 5.74) is 2.16. The van der Waals surface area contributed by atoms with Gasteiger partial charge >= 0.3 is 0 Å². The molecule has 0 bridgehead atoms. The quantitative estimate of drug-likeness (QED) is 0.800. The molecule has 1 unspecified atom stereocenters. The smallest absolute Gasteiger partial charge is 0.254 e. The van der Waals surface area contributed by atoms with Gasteiger partial charge in [0, 0.05) is 23.2 Å². The van der Waals surface area contributed by atoms with E-state index in [1.165, 1.54) is 4.90 Å². The van der Waals surface area contributed by atoms with Gasteiger partial charge < -0.3 is 4.90 Å². The van der Waals surface area contributed by atoms with E-state index < -0.39 is 6.04 Å². The average molecular weight is 316 g/mol. The molecule has 0 fully saturated rings. The van der Waals surface area contributed by atoms with Crippen molar-refractivity contribution in [1.82, 2.24) is 4.90 Å². The maximum Gasteiger partial charge on any atom is 0.254 e. The normalized spacial score (nSPS) is 11.8. The standard InChI is InChI=1S/C18H18ClNO2/c1-12-7-9-14(10-8-12)17(21)13(2)20(3)18(22)15-5-4-6-16(19)11-15/h4-11,13H,1-3H3. The first kappa shape index (κ1) is 16.2. The lowest BCUT2D eigenvalue weighted by Crippen LogP contribution is -2.40. The molecule has 0 saturated carbocycles. The summed E-state index contributed by atoms with van der Waals surface area (Å²) in [5.74, 6) is -0.312. The third-order valence-corrected chi connectivity index (χ3v) is 3.92. The van der Waals surface area contributed by atoms with Gasteiger partial charge in [-0.25, -0.2) is 0 Å². The van der Waals surface area contributed by atoms with Crippen LogP contribution in [-0.4, -0.2) is 29.7 Å². The Hall–Kier alpha value is -2.13. The first-order valence-corrected chi connectivity index (χ1v) is 7.41. The zero-order chi connectivity index (χ0) is 16.3. The van der Waals surface area contributed by atoms with E-state index in [1.807, 2.05) is 19.1 Å². The van der Waals surface area contributed by atoms with E-state index in [0.717, 1.165) is 5.56 Å². The highest BCUT2D eigenvalue weighted by Crippen LogP contribution is 2.15. The molecule has 0 heterocycles. The Labute approximate surface area is 135 Å². The number of ketones is 1. The number of carbonyl (C=O) groups is 2. The van der Waals surface area contributed by atoms with Crippen LogP contribution in [0.15, 0.2) is 48.5 Å². The minimum atomic E-state index is -0.547. The molecule has 2 aromatic carbocycles. The molecule has 1 amide bonds. The monoisotopic (exact) mass is 315 g/mol. The highest BCUT2D eigenvalue weighted by atomic mass is 35.5. The van der Waals surface area contributed by atoms with Crippen LogP contribution in [0.5, 0.6) is 0 Å². The summed E-state index contributed by atoms with van der Waals surface area (Å²) in [4.78, 5) is 26.4. The summed E-state index contributed by atoms with van der Waals surface area (Å²) in [6, 6.07) is 13.5.